The molecule has 18 heavy (non-hydrogen) atoms. The van der Waals surface area contributed by atoms with Gasteiger partial charge in [-0.2, -0.15) is 0 Å². The van der Waals surface area contributed by atoms with Gasteiger partial charge in [0.2, 0.25) is 0 Å². The zero-order valence-electron chi connectivity index (χ0n) is 10.6. The second kappa shape index (κ2) is 4.85. The average molecular weight is 261 g/mol. The zero-order chi connectivity index (χ0) is 12.5. The van der Waals surface area contributed by atoms with Crippen molar-refractivity contribution in [3.63, 3.8) is 0 Å². The standard InChI is InChI=1S/C15H17ClN2/c1-10-13-9-12(16)7-8-14(13)18-15(17-10)11-5-3-2-4-6-11/h7-9,11H,2-6H2,1H3. The maximum absolute atomic E-state index is 6.02. The highest BCUT2D eigenvalue weighted by Crippen LogP contribution is 2.32. The molecule has 0 spiro atoms. The molecule has 94 valence electrons. The monoisotopic (exact) mass is 260 g/mol. The minimum Gasteiger partial charge on any atom is -0.237 e. The van der Waals surface area contributed by atoms with Gasteiger partial charge in [-0.3, -0.25) is 0 Å². The predicted molar refractivity (Wildman–Crippen MR) is 75.1 cm³/mol. The Labute approximate surface area is 112 Å². The predicted octanol–water partition coefficient (Wildman–Crippen LogP) is 4.64. The highest BCUT2D eigenvalue weighted by molar-refractivity contribution is 6.31. The van der Waals surface area contributed by atoms with E-state index in [0.717, 1.165) is 27.4 Å². The summed E-state index contributed by atoms with van der Waals surface area (Å²) in [5, 5.41) is 1.82. The molecule has 0 bridgehead atoms. The summed E-state index contributed by atoms with van der Waals surface area (Å²) in [6.45, 7) is 2.05. The van der Waals surface area contributed by atoms with E-state index in [-0.39, 0.29) is 0 Å². The quantitative estimate of drug-likeness (QED) is 0.747. The maximum Gasteiger partial charge on any atom is 0.132 e. The fourth-order valence-corrected chi connectivity index (χ4v) is 2.99. The first kappa shape index (κ1) is 11.9. The number of rotatable bonds is 1. The SMILES string of the molecule is Cc1nc(C2CCCCC2)nc2ccc(Cl)cc12. The van der Waals surface area contributed by atoms with E-state index >= 15 is 0 Å². The van der Waals surface area contributed by atoms with Crippen molar-refractivity contribution in [2.24, 2.45) is 0 Å². The van der Waals surface area contributed by atoms with E-state index < -0.39 is 0 Å². The molecule has 0 N–H and O–H groups in total. The molecular weight excluding hydrogens is 244 g/mol. The highest BCUT2D eigenvalue weighted by atomic mass is 35.5. The smallest absolute Gasteiger partial charge is 0.132 e. The molecule has 1 heterocycles. The summed E-state index contributed by atoms with van der Waals surface area (Å²) >= 11 is 6.02. The van der Waals surface area contributed by atoms with Gasteiger partial charge in [-0.25, -0.2) is 9.97 Å². The van der Waals surface area contributed by atoms with E-state index in [1.165, 1.54) is 32.1 Å². The molecule has 1 aromatic heterocycles. The molecule has 2 aromatic rings. The first-order valence-corrected chi connectivity index (χ1v) is 7.05. The van der Waals surface area contributed by atoms with Crippen molar-refractivity contribution in [3.8, 4) is 0 Å². The van der Waals surface area contributed by atoms with Gasteiger partial charge in [0.1, 0.15) is 5.82 Å². The van der Waals surface area contributed by atoms with Crippen molar-refractivity contribution in [1.82, 2.24) is 9.97 Å². The Kier molecular flexibility index (Phi) is 3.21. The van der Waals surface area contributed by atoms with E-state index in [2.05, 4.69) is 0 Å². The first-order valence-electron chi connectivity index (χ1n) is 6.68. The van der Waals surface area contributed by atoms with Crippen molar-refractivity contribution in [3.05, 3.63) is 34.7 Å². The number of aromatic nitrogens is 2. The van der Waals surface area contributed by atoms with Gasteiger partial charge in [0.25, 0.3) is 0 Å². The summed E-state index contributed by atoms with van der Waals surface area (Å²) in [6.07, 6.45) is 6.45. The van der Waals surface area contributed by atoms with E-state index in [9.17, 15) is 0 Å². The second-order valence-electron chi connectivity index (χ2n) is 5.16. The van der Waals surface area contributed by atoms with Crippen LogP contribution in [0.4, 0.5) is 0 Å². The fraction of sp³-hybridized carbons (Fsp3) is 0.467. The van der Waals surface area contributed by atoms with Gasteiger partial charge < -0.3 is 0 Å². The molecule has 0 amide bonds. The number of halogens is 1. The van der Waals surface area contributed by atoms with Crippen LogP contribution in [0.2, 0.25) is 5.02 Å². The van der Waals surface area contributed by atoms with Crippen LogP contribution in [0.1, 0.15) is 49.5 Å². The molecule has 1 saturated carbocycles. The van der Waals surface area contributed by atoms with Gasteiger partial charge in [-0.1, -0.05) is 30.9 Å². The lowest BCUT2D eigenvalue weighted by atomic mass is 9.88. The first-order chi connectivity index (χ1) is 8.74. The molecule has 3 rings (SSSR count). The third-order valence-corrected chi connectivity index (χ3v) is 4.07. The van der Waals surface area contributed by atoms with E-state index in [4.69, 9.17) is 21.6 Å². The largest absolute Gasteiger partial charge is 0.237 e. The lowest BCUT2D eigenvalue weighted by Crippen LogP contribution is -2.09. The number of fused-ring (bicyclic) bond motifs is 1. The maximum atomic E-state index is 6.02. The third kappa shape index (κ3) is 2.22. The minimum atomic E-state index is 0.553. The van der Waals surface area contributed by atoms with Crippen LogP contribution < -0.4 is 0 Å². The Bertz CT molecular complexity index is 574. The number of benzene rings is 1. The van der Waals surface area contributed by atoms with E-state index in [1.54, 1.807) is 0 Å². The van der Waals surface area contributed by atoms with Gasteiger partial charge in [0.15, 0.2) is 0 Å². The molecule has 2 nitrogen and oxygen atoms in total. The lowest BCUT2D eigenvalue weighted by molar-refractivity contribution is 0.429. The summed E-state index contributed by atoms with van der Waals surface area (Å²) < 4.78 is 0. The van der Waals surface area contributed by atoms with Crippen LogP contribution in [0.15, 0.2) is 18.2 Å². The second-order valence-corrected chi connectivity index (χ2v) is 5.60. The summed E-state index contributed by atoms with van der Waals surface area (Å²) in [6, 6.07) is 5.86. The van der Waals surface area contributed by atoms with Crippen LogP contribution in [-0.2, 0) is 0 Å². The van der Waals surface area contributed by atoms with Crippen LogP contribution >= 0.6 is 11.6 Å². The van der Waals surface area contributed by atoms with Gasteiger partial charge in [-0.15, -0.1) is 0 Å². The molecular formula is C15H17ClN2. The lowest BCUT2D eigenvalue weighted by Gasteiger charge is -2.20. The molecule has 3 heteroatoms. The number of aryl methyl sites for hydroxylation is 1. The zero-order valence-corrected chi connectivity index (χ0v) is 11.4. The molecule has 0 unspecified atom stereocenters. The molecule has 1 fully saturated rings. The third-order valence-electron chi connectivity index (χ3n) is 3.84. The Morgan fingerprint density at radius 1 is 1.11 bits per heavy atom. The Morgan fingerprint density at radius 2 is 1.89 bits per heavy atom. The van der Waals surface area contributed by atoms with Crippen LogP contribution in [0.5, 0.6) is 0 Å². The summed E-state index contributed by atoms with van der Waals surface area (Å²) in [5.74, 6) is 1.58. The normalized spacial score (nSPS) is 17.2. The highest BCUT2D eigenvalue weighted by Gasteiger charge is 2.19. The van der Waals surface area contributed by atoms with Crippen molar-refractivity contribution >= 4 is 22.5 Å². The topological polar surface area (TPSA) is 25.8 Å². The molecule has 0 aliphatic heterocycles. The minimum absolute atomic E-state index is 0.553. The van der Waals surface area contributed by atoms with Crippen molar-refractivity contribution in [2.45, 2.75) is 44.9 Å². The number of hydrogen-bond acceptors (Lipinski definition) is 2. The molecule has 0 radical (unpaired) electrons. The van der Waals surface area contributed by atoms with Crippen LogP contribution in [0.25, 0.3) is 10.9 Å². The van der Waals surface area contributed by atoms with Gasteiger partial charge in [0, 0.05) is 22.0 Å². The molecule has 1 aliphatic rings. The van der Waals surface area contributed by atoms with Crippen LogP contribution in [0.3, 0.4) is 0 Å². The van der Waals surface area contributed by atoms with Crippen molar-refractivity contribution in [1.29, 1.82) is 0 Å². The van der Waals surface area contributed by atoms with Gasteiger partial charge in [0.05, 0.1) is 5.52 Å². The number of hydrogen-bond donors (Lipinski definition) is 0. The van der Waals surface area contributed by atoms with E-state index in [0.29, 0.717) is 5.92 Å². The summed E-state index contributed by atoms with van der Waals surface area (Å²) in [7, 11) is 0. The summed E-state index contributed by atoms with van der Waals surface area (Å²) in [4.78, 5) is 9.43. The molecule has 0 atom stereocenters. The van der Waals surface area contributed by atoms with Crippen molar-refractivity contribution in [2.75, 3.05) is 0 Å². The van der Waals surface area contributed by atoms with Crippen LogP contribution in [0, 0.1) is 6.92 Å². The Balaban J connectivity index is 2.06. The van der Waals surface area contributed by atoms with Gasteiger partial charge in [-0.05, 0) is 38.0 Å². The van der Waals surface area contributed by atoms with Crippen LogP contribution in [-0.4, -0.2) is 9.97 Å². The molecule has 1 aromatic carbocycles. The van der Waals surface area contributed by atoms with Crippen molar-refractivity contribution < 1.29 is 0 Å². The molecule has 1 aliphatic carbocycles. The average Bonchev–Trinajstić information content (AvgIpc) is 2.40. The van der Waals surface area contributed by atoms with E-state index in [1.807, 2.05) is 25.1 Å². The Hall–Kier alpha value is -1.15. The number of nitrogens with zero attached hydrogens (tertiary/aromatic N) is 2. The summed E-state index contributed by atoms with van der Waals surface area (Å²) in [5.41, 5.74) is 2.07. The van der Waals surface area contributed by atoms with Gasteiger partial charge >= 0.3 is 0 Å². The molecule has 0 saturated heterocycles. The fourth-order valence-electron chi connectivity index (χ4n) is 2.82. The Morgan fingerprint density at radius 3 is 2.67 bits per heavy atom.